The van der Waals surface area contributed by atoms with Crippen LogP contribution in [0.25, 0.3) is 0 Å². The van der Waals surface area contributed by atoms with Gasteiger partial charge in [0.15, 0.2) is 0 Å². The molecule has 0 spiro atoms. The van der Waals surface area contributed by atoms with E-state index in [1.165, 1.54) is 18.4 Å². The summed E-state index contributed by atoms with van der Waals surface area (Å²) in [4.78, 5) is 14.5. The average molecular weight is 259 g/mol. The second kappa shape index (κ2) is 6.74. The molecule has 0 bridgehead atoms. The molecule has 0 heterocycles. The first-order chi connectivity index (χ1) is 9.20. The van der Waals surface area contributed by atoms with Crippen LogP contribution in [0.4, 0.5) is 0 Å². The van der Waals surface area contributed by atoms with Crippen LogP contribution in [-0.2, 0) is 4.79 Å². The summed E-state index contributed by atoms with van der Waals surface area (Å²) < 4.78 is 0. The molecule has 1 amide bonds. The van der Waals surface area contributed by atoms with Crippen molar-refractivity contribution in [3.8, 4) is 0 Å². The van der Waals surface area contributed by atoms with Gasteiger partial charge in [-0.25, -0.2) is 0 Å². The minimum absolute atomic E-state index is 0.312. The van der Waals surface area contributed by atoms with Crippen LogP contribution in [0.15, 0.2) is 30.3 Å². The molecule has 1 aliphatic rings. The Morgan fingerprint density at radius 1 is 1.32 bits per heavy atom. The zero-order valence-corrected chi connectivity index (χ0v) is 12.1. The molecule has 0 N–H and O–H groups in total. The van der Waals surface area contributed by atoms with Crippen molar-refractivity contribution in [1.82, 2.24) is 4.90 Å². The van der Waals surface area contributed by atoms with Crippen LogP contribution >= 0.6 is 0 Å². The third-order valence-electron chi connectivity index (χ3n) is 3.87. The Kier molecular flexibility index (Phi) is 5.00. The molecule has 1 aliphatic carbocycles. The van der Waals surface area contributed by atoms with E-state index in [4.69, 9.17) is 0 Å². The molecule has 1 saturated carbocycles. The quantitative estimate of drug-likeness (QED) is 0.728. The lowest BCUT2D eigenvalue weighted by molar-refractivity contribution is -0.131. The number of hydrogen-bond donors (Lipinski definition) is 0. The summed E-state index contributed by atoms with van der Waals surface area (Å²) in [6.07, 6.45) is 4.30. The molecule has 0 aromatic heterocycles. The fourth-order valence-electron chi connectivity index (χ4n) is 2.49. The van der Waals surface area contributed by atoms with E-state index < -0.39 is 0 Å². The zero-order chi connectivity index (χ0) is 13.7. The Morgan fingerprint density at radius 3 is 2.58 bits per heavy atom. The van der Waals surface area contributed by atoms with Crippen LogP contribution in [0.1, 0.15) is 51.0 Å². The maximum atomic E-state index is 12.4. The van der Waals surface area contributed by atoms with Gasteiger partial charge in [0, 0.05) is 19.5 Å². The van der Waals surface area contributed by atoms with Gasteiger partial charge in [0.1, 0.15) is 0 Å². The number of carbonyl (C=O) groups is 1. The van der Waals surface area contributed by atoms with Crippen LogP contribution in [0.5, 0.6) is 0 Å². The summed E-state index contributed by atoms with van der Waals surface area (Å²) >= 11 is 0. The Hall–Kier alpha value is -1.31. The Balaban J connectivity index is 1.90. The summed E-state index contributed by atoms with van der Waals surface area (Å²) in [5.41, 5.74) is 1.26. The second-order valence-electron chi connectivity index (χ2n) is 5.80. The van der Waals surface area contributed by atoms with E-state index in [1.54, 1.807) is 0 Å². The van der Waals surface area contributed by atoms with Gasteiger partial charge in [-0.3, -0.25) is 4.79 Å². The standard InChI is InChI=1S/C17H25NO/c1-3-11-18(13-15-9-10-15)17(19)12-14(2)16-7-5-4-6-8-16/h4-8,14-15H,3,9-13H2,1-2H3. The smallest absolute Gasteiger partial charge is 0.223 e. The minimum atomic E-state index is 0.312. The van der Waals surface area contributed by atoms with Gasteiger partial charge >= 0.3 is 0 Å². The maximum Gasteiger partial charge on any atom is 0.223 e. The first-order valence-corrected chi connectivity index (χ1v) is 7.53. The van der Waals surface area contributed by atoms with Gasteiger partial charge in [-0.2, -0.15) is 0 Å². The third kappa shape index (κ3) is 4.38. The van der Waals surface area contributed by atoms with Crippen molar-refractivity contribution >= 4 is 5.91 Å². The van der Waals surface area contributed by atoms with Crippen LogP contribution < -0.4 is 0 Å². The Labute approximate surface area is 116 Å². The molecule has 1 aromatic rings. The Morgan fingerprint density at radius 2 is 2.00 bits per heavy atom. The monoisotopic (exact) mass is 259 g/mol. The van der Waals surface area contributed by atoms with Crippen molar-refractivity contribution in [3.63, 3.8) is 0 Å². The summed E-state index contributed by atoms with van der Waals surface area (Å²) in [6, 6.07) is 10.3. The second-order valence-corrected chi connectivity index (χ2v) is 5.80. The van der Waals surface area contributed by atoms with Crippen molar-refractivity contribution in [3.05, 3.63) is 35.9 Å². The molecule has 104 valence electrons. The molecular formula is C17H25NO. The van der Waals surface area contributed by atoms with Gasteiger partial charge in [-0.1, -0.05) is 44.2 Å². The minimum Gasteiger partial charge on any atom is -0.342 e. The first kappa shape index (κ1) is 14.1. The molecule has 0 saturated heterocycles. The zero-order valence-electron chi connectivity index (χ0n) is 12.1. The molecule has 1 atom stereocenters. The van der Waals surface area contributed by atoms with E-state index in [0.29, 0.717) is 18.2 Å². The highest BCUT2D eigenvalue weighted by Crippen LogP contribution is 2.30. The van der Waals surface area contributed by atoms with E-state index >= 15 is 0 Å². The molecule has 2 heteroatoms. The number of benzene rings is 1. The van der Waals surface area contributed by atoms with Crippen LogP contribution in [0.2, 0.25) is 0 Å². The topological polar surface area (TPSA) is 20.3 Å². The van der Waals surface area contributed by atoms with E-state index in [2.05, 4.69) is 30.9 Å². The number of nitrogens with zero attached hydrogens (tertiary/aromatic N) is 1. The summed E-state index contributed by atoms with van der Waals surface area (Å²) in [6.45, 7) is 6.19. The average Bonchev–Trinajstić information content (AvgIpc) is 3.23. The molecule has 0 radical (unpaired) electrons. The van der Waals surface area contributed by atoms with Gasteiger partial charge < -0.3 is 4.90 Å². The largest absolute Gasteiger partial charge is 0.342 e. The van der Waals surface area contributed by atoms with Gasteiger partial charge in [0.25, 0.3) is 0 Å². The summed E-state index contributed by atoms with van der Waals surface area (Å²) in [5, 5.41) is 0. The summed E-state index contributed by atoms with van der Waals surface area (Å²) in [5.74, 6) is 1.42. The highest BCUT2D eigenvalue weighted by Gasteiger charge is 2.26. The van der Waals surface area contributed by atoms with Gasteiger partial charge in [0.05, 0.1) is 0 Å². The molecule has 1 fully saturated rings. The highest BCUT2D eigenvalue weighted by molar-refractivity contribution is 5.77. The SMILES string of the molecule is CCCN(CC1CC1)C(=O)CC(C)c1ccccc1. The van der Waals surface area contributed by atoms with Gasteiger partial charge in [0.2, 0.25) is 5.91 Å². The van der Waals surface area contributed by atoms with Crippen LogP contribution in [0, 0.1) is 5.92 Å². The lowest BCUT2D eigenvalue weighted by atomic mass is 9.97. The molecule has 2 rings (SSSR count). The molecule has 0 aliphatic heterocycles. The lowest BCUT2D eigenvalue weighted by Gasteiger charge is -2.24. The van der Waals surface area contributed by atoms with Crippen LogP contribution in [-0.4, -0.2) is 23.9 Å². The number of amides is 1. The van der Waals surface area contributed by atoms with Gasteiger partial charge in [-0.15, -0.1) is 0 Å². The molecule has 19 heavy (non-hydrogen) atoms. The van der Waals surface area contributed by atoms with Crippen LogP contribution in [0.3, 0.4) is 0 Å². The summed E-state index contributed by atoms with van der Waals surface area (Å²) in [7, 11) is 0. The molecular weight excluding hydrogens is 234 g/mol. The maximum absolute atomic E-state index is 12.4. The van der Waals surface area contributed by atoms with Crippen molar-refractivity contribution in [1.29, 1.82) is 0 Å². The van der Waals surface area contributed by atoms with E-state index in [0.717, 1.165) is 25.4 Å². The number of carbonyl (C=O) groups excluding carboxylic acids is 1. The van der Waals surface area contributed by atoms with Crippen molar-refractivity contribution in [2.45, 2.75) is 45.4 Å². The highest BCUT2D eigenvalue weighted by atomic mass is 16.2. The molecule has 1 aromatic carbocycles. The third-order valence-corrected chi connectivity index (χ3v) is 3.87. The molecule has 1 unspecified atom stereocenters. The normalized spacial score (nSPS) is 16.1. The number of hydrogen-bond acceptors (Lipinski definition) is 1. The molecule has 2 nitrogen and oxygen atoms in total. The van der Waals surface area contributed by atoms with Crippen molar-refractivity contribution in [2.75, 3.05) is 13.1 Å². The predicted octanol–water partition coefficient (Wildman–Crippen LogP) is 3.83. The van der Waals surface area contributed by atoms with Gasteiger partial charge in [-0.05, 0) is 36.7 Å². The fraction of sp³-hybridized carbons (Fsp3) is 0.588. The first-order valence-electron chi connectivity index (χ1n) is 7.53. The number of rotatable bonds is 7. The van der Waals surface area contributed by atoms with E-state index in [1.807, 2.05) is 18.2 Å². The Bertz CT molecular complexity index is 397. The van der Waals surface area contributed by atoms with E-state index in [-0.39, 0.29) is 0 Å². The fourth-order valence-corrected chi connectivity index (χ4v) is 2.49. The lowest BCUT2D eigenvalue weighted by Crippen LogP contribution is -2.34. The van der Waals surface area contributed by atoms with E-state index in [9.17, 15) is 4.79 Å². The predicted molar refractivity (Wildman–Crippen MR) is 79.1 cm³/mol. The van der Waals surface area contributed by atoms with Crippen molar-refractivity contribution < 1.29 is 4.79 Å². The van der Waals surface area contributed by atoms with Crippen molar-refractivity contribution in [2.24, 2.45) is 5.92 Å².